The fourth-order valence-corrected chi connectivity index (χ4v) is 1.26. The molecule has 0 aliphatic heterocycles. The highest BCUT2D eigenvalue weighted by Crippen LogP contribution is 2.14. The molecule has 0 aliphatic rings. The van der Waals surface area contributed by atoms with Gasteiger partial charge in [0.15, 0.2) is 0 Å². The largest absolute Gasteiger partial charge is 0.494 e. The van der Waals surface area contributed by atoms with Crippen LogP contribution in [0.15, 0.2) is 36.9 Å². The molecule has 0 atom stereocenters. The van der Waals surface area contributed by atoms with Gasteiger partial charge in [-0.25, -0.2) is 0 Å². The monoisotopic (exact) mass is 190 g/mol. The molecule has 1 nitrogen and oxygen atoms in total. The lowest BCUT2D eigenvalue weighted by Gasteiger charge is -2.06. The SMILES string of the molecule is C=CCc1cccc(OCCCC)c1. The standard InChI is InChI=1S/C13H18O/c1-3-5-10-14-13-9-6-8-12(11-13)7-4-2/h4,6,8-9,11H,2-3,5,7,10H2,1H3. The summed E-state index contributed by atoms with van der Waals surface area (Å²) < 4.78 is 5.60. The number of rotatable bonds is 6. The number of hydrogen-bond donors (Lipinski definition) is 0. The Morgan fingerprint density at radius 3 is 3.00 bits per heavy atom. The van der Waals surface area contributed by atoms with Crippen LogP contribution < -0.4 is 4.74 Å². The van der Waals surface area contributed by atoms with E-state index in [1.165, 1.54) is 12.0 Å². The van der Waals surface area contributed by atoms with Crippen molar-refractivity contribution in [1.82, 2.24) is 0 Å². The zero-order chi connectivity index (χ0) is 10.2. The molecule has 1 rings (SSSR count). The molecule has 1 aromatic carbocycles. The third-order valence-electron chi connectivity index (χ3n) is 2.05. The van der Waals surface area contributed by atoms with Crippen LogP contribution in [0.3, 0.4) is 0 Å². The van der Waals surface area contributed by atoms with E-state index in [9.17, 15) is 0 Å². The first-order valence-electron chi connectivity index (χ1n) is 5.19. The topological polar surface area (TPSA) is 9.23 Å². The molecule has 14 heavy (non-hydrogen) atoms. The second-order valence-corrected chi connectivity index (χ2v) is 3.34. The lowest BCUT2D eigenvalue weighted by molar-refractivity contribution is 0.309. The molecular formula is C13H18O. The van der Waals surface area contributed by atoms with Crippen molar-refractivity contribution in [3.05, 3.63) is 42.5 Å². The maximum atomic E-state index is 5.60. The van der Waals surface area contributed by atoms with Gasteiger partial charge in [0, 0.05) is 0 Å². The van der Waals surface area contributed by atoms with Crippen LogP contribution in [0.1, 0.15) is 25.3 Å². The first-order valence-corrected chi connectivity index (χ1v) is 5.19. The zero-order valence-electron chi connectivity index (χ0n) is 8.83. The Kier molecular flexibility index (Phi) is 4.84. The van der Waals surface area contributed by atoms with Gasteiger partial charge in [0.25, 0.3) is 0 Å². The maximum absolute atomic E-state index is 5.60. The van der Waals surface area contributed by atoms with E-state index in [2.05, 4.69) is 25.6 Å². The van der Waals surface area contributed by atoms with Crippen LogP contribution in [0.25, 0.3) is 0 Å². The molecule has 0 saturated carbocycles. The smallest absolute Gasteiger partial charge is 0.119 e. The van der Waals surface area contributed by atoms with Crippen molar-refractivity contribution < 1.29 is 4.74 Å². The highest BCUT2D eigenvalue weighted by atomic mass is 16.5. The van der Waals surface area contributed by atoms with Gasteiger partial charge in [-0.05, 0) is 30.5 Å². The minimum atomic E-state index is 0.814. The summed E-state index contributed by atoms with van der Waals surface area (Å²) in [6.45, 7) is 6.70. The fourth-order valence-electron chi connectivity index (χ4n) is 1.26. The van der Waals surface area contributed by atoms with Gasteiger partial charge in [-0.15, -0.1) is 6.58 Å². The molecule has 76 valence electrons. The van der Waals surface area contributed by atoms with E-state index in [0.717, 1.165) is 25.2 Å². The number of allylic oxidation sites excluding steroid dienone is 1. The van der Waals surface area contributed by atoms with Crippen LogP contribution in [0.2, 0.25) is 0 Å². The lowest BCUT2D eigenvalue weighted by atomic mass is 10.1. The van der Waals surface area contributed by atoms with Crippen LogP contribution in [0, 0.1) is 0 Å². The molecule has 0 radical (unpaired) electrons. The summed E-state index contributed by atoms with van der Waals surface area (Å²) in [5.41, 5.74) is 1.26. The van der Waals surface area contributed by atoms with Crippen LogP contribution in [0.5, 0.6) is 5.75 Å². The van der Waals surface area contributed by atoms with E-state index in [4.69, 9.17) is 4.74 Å². The molecular weight excluding hydrogens is 172 g/mol. The molecule has 0 aromatic heterocycles. The van der Waals surface area contributed by atoms with Crippen LogP contribution in [0.4, 0.5) is 0 Å². The average molecular weight is 190 g/mol. The van der Waals surface area contributed by atoms with Gasteiger partial charge >= 0.3 is 0 Å². The molecule has 0 fully saturated rings. The Morgan fingerprint density at radius 1 is 1.43 bits per heavy atom. The van der Waals surface area contributed by atoms with Crippen LogP contribution >= 0.6 is 0 Å². The van der Waals surface area contributed by atoms with Gasteiger partial charge < -0.3 is 4.74 Å². The molecule has 1 heteroatoms. The van der Waals surface area contributed by atoms with Crippen LogP contribution in [-0.4, -0.2) is 6.61 Å². The third kappa shape index (κ3) is 3.65. The van der Waals surface area contributed by atoms with Crippen molar-refractivity contribution in [3.8, 4) is 5.75 Å². The zero-order valence-corrected chi connectivity index (χ0v) is 8.83. The Morgan fingerprint density at radius 2 is 2.29 bits per heavy atom. The quantitative estimate of drug-likeness (QED) is 0.492. The second kappa shape index (κ2) is 6.25. The second-order valence-electron chi connectivity index (χ2n) is 3.34. The Labute approximate surface area is 86.4 Å². The van der Waals surface area contributed by atoms with E-state index in [-0.39, 0.29) is 0 Å². The molecule has 1 aromatic rings. The van der Waals surface area contributed by atoms with Gasteiger partial charge in [0.2, 0.25) is 0 Å². The van der Waals surface area contributed by atoms with E-state index < -0.39 is 0 Å². The van der Waals surface area contributed by atoms with Gasteiger partial charge in [-0.1, -0.05) is 31.6 Å². The van der Waals surface area contributed by atoms with Crippen molar-refractivity contribution in [2.45, 2.75) is 26.2 Å². The van der Waals surface area contributed by atoms with Crippen molar-refractivity contribution in [1.29, 1.82) is 0 Å². The lowest BCUT2D eigenvalue weighted by Crippen LogP contribution is -1.96. The maximum Gasteiger partial charge on any atom is 0.119 e. The van der Waals surface area contributed by atoms with Gasteiger partial charge in [0.05, 0.1) is 6.61 Å². The Balaban J connectivity index is 2.50. The Bertz CT molecular complexity index is 278. The highest BCUT2D eigenvalue weighted by molar-refractivity contribution is 5.29. The fraction of sp³-hybridized carbons (Fsp3) is 0.385. The number of ether oxygens (including phenoxy) is 1. The molecule has 0 bridgehead atoms. The van der Waals surface area contributed by atoms with E-state index in [1.807, 2.05) is 18.2 Å². The van der Waals surface area contributed by atoms with Crippen molar-refractivity contribution in [2.75, 3.05) is 6.61 Å². The summed E-state index contributed by atoms with van der Waals surface area (Å²) >= 11 is 0. The van der Waals surface area contributed by atoms with Gasteiger partial charge in [0.1, 0.15) is 5.75 Å². The van der Waals surface area contributed by atoms with Crippen molar-refractivity contribution >= 4 is 0 Å². The summed E-state index contributed by atoms with van der Waals surface area (Å²) in [5.74, 6) is 0.970. The minimum Gasteiger partial charge on any atom is -0.494 e. The van der Waals surface area contributed by atoms with Gasteiger partial charge in [-0.2, -0.15) is 0 Å². The highest BCUT2D eigenvalue weighted by Gasteiger charge is 1.94. The van der Waals surface area contributed by atoms with E-state index >= 15 is 0 Å². The molecule has 0 spiro atoms. The number of unbranched alkanes of at least 4 members (excludes halogenated alkanes) is 1. The summed E-state index contributed by atoms with van der Waals surface area (Å²) in [7, 11) is 0. The summed E-state index contributed by atoms with van der Waals surface area (Å²) in [6.07, 6.45) is 5.11. The van der Waals surface area contributed by atoms with Crippen molar-refractivity contribution in [2.24, 2.45) is 0 Å². The first-order chi connectivity index (χ1) is 6.86. The predicted octanol–water partition coefficient (Wildman–Crippen LogP) is 3.59. The molecule has 0 saturated heterocycles. The van der Waals surface area contributed by atoms with Crippen LogP contribution in [-0.2, 0) is 6.42 Å². The predicted molar refractivity (Wildman–Crippen MR) is 60.7 cm³/mol. The summed E-state index contributed by atoms with van der Waals surface area (Å²) in [4.78, 5) is 0. The van der Waals surface area contributed by atoms with Crippen molar-refractivity contribution in [3.63, 3.8) is 0 Å². The minimum absolute atomic E-state index is 0.814. The molecule has 0 unspecified atom stereocenters. The summed E-state index contributed by atoms with van der Waals surface area (Å²) in [5, 5.41) is 0. The first kappa shape index (κ1) is 10.8. The molecule has 0 heterocycles. The molecule has 0 aliphatic carbocycles. The normalized spacial score (nSPS) is 9.79. The van der Waals surface area contributed by atoms with E-state index in [0.29, 0.717) is 0 Å². The Hall–Kier alpha value is -1.24. The number of hydrogen-bond acceptors (Lipinski definition) is 1. The molecule has 0 N–H and O–H groups in total. The van der Waals surface area contributed by atoms with E-state index in [1.54, 1.807) is 0 Å². The van der Waals surface area contributed by atoms with Gasteiger partial charge in [-0.3, -0.25) is 0 Å². The summed E-state index contributed by atoms with van der Waals surface area (Å²) in [6, 6.07) is 8.20. The average Bonchev–Trinajstić information content (AvgIpc) is 2.19. The number of benzene rings is 1. The molecule has 0 amide bonds. The third-order valence-corrected chi connectivity index (χ3v) is 2.05.